The van der Waals surface area contributed by atoms with Crippen LogP contribution in [0.25, 0.3) is 22.3 Å². The Balaban J connectivity index is 1.57. The Morgan fingerprint density at radius 1 is 0.929 bits per heavy atom. The van der Waals surface area contributed by atoms with Crippen molar-refractivity contribution in [2.45, 2.75) is 26.4 Å². The minimum absolute atomic E-state index is 0.284. The molecule has 0 bridgehead atoms. The predicted molar refractivity (Wildman–Crippen MR) is 110 cm³/mol. The van der Waals surface area contributed by atoms with Gasteiger partial charge in [-0.3, -0.25) is 0 Å². The van der Waals surface area contributed by atoms with E-state index in [1.165, 1.54) is 0 Å². The van der Waals surface area contributed by atoms with Crippen LogP contribution in [-0.2, 0) is 13.0 Å². The summed E-state index contributed by atoms with van der Waals surface area (Å²) in [6.07, 6.45) is 3.54. The number of nitrogen functional groups attached to an aromatic ring is 1. The van der Waals surface area contributed by atoms with Crippen molar-refractivity contribution < 1.29 is 4.74 Å². The number of aromatic nitrogens is 4. The Hall–Kier alpha value is -3.54. The summed E-state index contributed by atoms with van der Waals surface area (Å²) in [6, 6.07) is 17.7. The zero-order valence-corrected chi connectivity index (χ0v) is 15.7. The molecule has 1 aromatic carbocycles. The maximum atomic E-state index is 5.82. The minimum atomic E-state index is 0.284. The molecular weight excluding hydrogens is 350 g/mol. The molecule has 4 rings (SSSR count). The van der Waals surface area contributed by atoms with Crippen LogP contribution in [0.5, 0.6) is 5.88 Å². The summed E-state index contributed by atoms with van der Waals surface area (Å²) < 4.78 is 5.75. The molecule has 0 spiro atoms. The molecule has 0 aliphatic rings. The van der Waals surface area contributed by atoms with Crippen LogP contribution >= 0.6 is 0 Å². The maximum absolute atomic E-state index is 5.82. The molecule has 3 aromatic heterocycles. The highest BCUT2D eigenvalue weighted by molar-refractivity contribution is 5.80. The predicted octanol–water partition coefficient (Wildman–Crippen LogP) is 4.20. The molecule has 0 saturated heterocycles. The second kappa shape index (κ2) is 8.00. The van der Waals surface area contributed by atoms with E-state index in [0.717, 1.165) is 46.4 Å². The van der Waals surface area contributed by atoms with Gasteiger partial charge in [0.1, 0.15) is 12.1 Å². The topological polar surface area (TPSA) is 86.8 Å². The molecule has 0 unspecified atom stereocenters. The first kappa shape index (κ1) is 17.9. The molecule has 0 atom stereocenters. The van der Waals surface area contributed by atoms with Crippen molar-refractivity contribution in [1.29, 1.82) is 0 Å². The van der Waals surface area contributed by atoms with Crippen LogP contribution in [0.15, 0.2) is 60.8 Å². The molecule has 0 radical (unpaired) electrons. The molecule has 0 aliphatic heterocycles. The fourth-order valence-corrected chi connectivity index (χ4v) is 3.01. The summed E-state index contributed by atoms with van der Waals surface area (Å²) >= 11 is 0. The average molecular weight is 371 g/mol. The lowest BCUT2D eigenvalue weighted by Crippen LogP contribution is -2.02. The van der Waals surface area contributed by atoms with E-state index in [1.54, 1.807) is 6.20 Å². The third-order valence-corrected chi connectivity index (χ3v) is 4.38. The third-order valence-electron chi connectivity index (χ3n) is 4.38. The van der Waals surface area contributed by atoms with Crippen molar-refractivity contribution in [3.05, 3.63) is 72.1 Å². The normalized spacial score (nSPS) is 10.9. The van der Waals surface area contributed by atoms with E-state index >= 15 is 0 Å². The summed E-state index contributed by atoms with van der Waals surface area (Å²) in [5, 5.41) is 0. The fraction of sp³-hybridized carbons (Fsp3) is 0.182. The fourth-order valence-electron chi connectivity index (χ4n) is 3.01. The van der Waals surface area contributed by atoms with E-state index in [2.05, 4.69) is 21.9 Å². The average Bonchev–Trinajstić information content (AvgIpc) is 2.73. The van der Waals surface area contributed by atoms with Crippen molar-refractivity contribution in [2.24, 2.45) is 0 Å². The number of pyridine rings is 2. The Labute approximate surface area is 163 Å². The zero-order valence-electron chi connectivity index (χ0n) is 15.7. The van der Waals surface area contributed by atoms with Crippen molar-refractivity contribution in [3.63, 3.8) is 0 Å². The lowest BCUT2D eigenvalue weighted by atomic mass is 10.1. The van der Waals surface area contributed by atoms with Crippen molar-refractivity contribution in [3.8, 4) is 17.1 Å². The highest BCUT2D eigenvalue weighted by atomic mass is 16.5. The van der Waals surface area contributed by atoms with Crippen LogP contribution in [0, 0.1) is 0 Å². The number of rotatable bonds is 6. The van der Waals surface area contributed by atoms with Gasteiger partial charge in [-0.15, -0.1) is 0 Å². The van der Waals surface area contributed by atoms with Crippen LogP contribution in [0.1, 0.15) is 24.6 Å². The van der Waals surface area contributed by atoms with E-state index in [-0.39, 0.29) is 5.95 Å². The number of nitrogens with zero attached hydrogens (tertiary/aromatic N) is 4. The van der Waals surface area contributed by atoms with Crippen LogP contribution in [0.2, 0.25) is 0 Å². The molecule has 28 heavy (non-hydrogen) atoms. The number of anilines is 1. The first-order valence-corrected chi connectivity index (χ1v) is 9.29. The molecule has 3 heterocycles. The Kier molecular flexibility index (Phi) is 5.10. The number of nitrogens with two attached hydrogens (primary N) is 1. The van der Waals surface area contributed by atoms with Gasteiger partial charge >= 0.3 is 0 Å². The number of aryl methyl sites for hydroxylation is 1. The molecule has 0 fully saturated rings. The summed E-state index contributed by atoms with van der Waals surface area (Å²) in [5.41, 5.74) is 11.1. The standard InChI is InChI=1S/C22H21N5O/c1-2-6-18-21-19(27-22(23)26-18)11-10-17(25-21)16-9-12-20(24-13-16)28-14-15-7-4-3-5-8-15/h3-5,7-13H,2,6,14H2,1H3,(H2,23,26,27). The second-order valence-corrected chi connectivity index (χ2v) is 6.50. The van der Waals surface area contributed by atoms with Gasteiger partial charge in [-0.1, -0.05) is 43.7 Å². The summed E-state index contributed by atoms with van der Waals surface area (Å²) in [4.78, 5) is 17.8. The highest BCUT2D eigenvalue weighted by Gasteiger charge is 2.10. The second-order valence-electron chi connectivity index (χ2n) is 6.50. The summed E-state index contributed by atoms with van der Waals surface area (Å²) in [7, 11) is 0. The van der Waals surface area contributed by atoms with Gasteiger partial charge in [0, 0.05) is 17.8 Å². The number of hydrogen-bond acceptors (Lipinski definition) is 6. The van der Waals surface area contributed by atoms with E-state index < -0.39 is 0 Å². The quantitative estimate of drug-likeness (QED) is 0.546. The molecule has 2 N–H and O–H groups in total. The smallest absolute Gasteiger partial charge is 0.220 e. The van der Waals surface area contributed by atoms with Crippen molar-refractivity contribution in [1.82, 2.24) is 19.9 Å². The van der Waals surface area contributed by atoms with Gasteiger partial charge < -0.3 is 10.5 Å². The molecule has 4 aromatic rings. The van der Waals surface area contributed by atoms with Crippen molar-refractivity contribution in [2.75, 3.05) is 5.73 Å². The van der Waals surface area contributed by atoms with Gasteiger partial charge in [-0.25, -0.2) is 19.9 Å². The van der Waals surface area contributed by atoms with Crippen LogP contribution in [0.3, 0.4) is 0 Å². The SMILES string of the molecule is CCCc1nc(N)nc2ccc(-c3ccc(OCc4ccccc4)nc3)nc12. The largest absolute Gasteiger partial charge is 0.473 e. The molecule has 6 nitrogen and oxygen atoms in total. The molecule has 6 heteroatoms. The monoisotopic (exact) mass is 371 g/mol. The van der Waals surface area contributed by atoms with Gasteiger partial charge in [0.15, 0.2) is 0 Å². The summed E-state index contributed by atoms with van der Waals surface area (Å²) in [6.45, 7) is 2.59. The Morgan fingerprint density at radius 3 is 2.54 bits per heavy atom. The molecule has 0 amide bonds. The lowest BCUT2D eigenvalue weighted by Gasteiger charge is -2.08. The first-order chi connectivity index (χ1) is 13.7. The maximum Gasteiger partial charge on any atom is 0.220 e. The highest BCUT2D eigenvalue weighted by Crippen LogP contribution is 2.23. The Bertz CT molecular complexity index is 1080. The molecule has 0 aliphatic carbocycles. The molecule has 140 valence electrons. The van der Waals surface area contributed by atoms with Gasteiger partial charge in [0.25, 0.3) is 0 Å². The third kappa shape index (κ3) is 3.91. The number of hydrogen-bond donors (Lipinski definition) is 1. The van der Waals surface area contributed by atoms with E-state index in [4.69, 9.17) is 15.5 Å². The number of ether oxygens (including phenoxy) is 1. The number of benzene rings is 1. The van der Waals surface area contributed by atoms with Crippen molar-refractivity contribution >= 4 is 17.0 Å². The van der Waals surface area contributed by atoms with Gasteiger partial charge in [0.05, 0.1) is 16.9 Å². The molecule has 0 saturated carbocycles. The number of fused-ring (bicyclic) bond motifs is 1. The minimum Gasteiger partial charge on any atom is -0.473 e. The van der Waals surface area contributed by atoms with E-state index in [0.29, 0.717) is 12.5 Å². The van der Waals surface area contributed by atoms with E-state index in [1.807, 2.05) is 54.6 Å². The van der Waals surface area contributed by atoms with Crippen LogP contribution in [0.4, 0.5) is 5.95 Å². The van der Waals surface area contributed by atoms with Gasteiger partial charge in [0.2, 0.25) is 11.8 Å². The zero-order chi connectivity index (χ0) is 19.3. The lowest BCUT2D eigenvalue weighted by molar-refractivity contribution is 0.294. The van der Waals surface area contributed by atoms with Gasteiger partial charge in [-0.2, -0.15) is 0 Å². The van der Waals surface area contributed by atoms with Crippen LogP contribution < -0.4 is 10.5 Å². The molecular formula is C22H21N5O. The summed E-state index contributed by atoms with van der Waals surface area (Å²) in [5.74, 6) is 0.864. The van der Waals surface area contributed by atoms with Crippen LogP contribution in [-0.4, -0.2) is 19.9 Å². The first-order valence-electron chi connectivity index (χ1n) is 9.29. The van der Waals surface area contributed by atoms with Gasteiger partial charge in [-0.05, 0) is 30.2 Å². The van der Waals surface area contributed by atoms with E-state index in [9.17, 15) is 0 Å². The Morgan fingerprint density at radius 2 is 1.79 bits per heavy atom.